The van der Waals surface area contributed by atoms with E-state index in [9.17, 15) is 4.79 Å². The van der Waals surface area contributed by atoms with Gasteiger partial charge in [-0.1, -0.05) is 6.07 Å². The maximum absolute atomic E-state index is 12.6. The van der Waals surface area contributed by atoms with E-state index in [2.05, 4.69) is 22.0 Å². The van der Waals surface area contributed by atoms with E-state index in [0.717, 1.165) is 16.9 Å². The van der Waals surface area contributed by atoms with Gasteiger partial charge in [-0.2, -0.15) is 0 Å². The van der Waals surface area contributed by atoms with Crippen LogP contribution in [0.4, 0.5) is 5.82 Å². The number of carbonyl (C=O) groups is 1. The molecule has 0 bridgehead atoms. The fourth-order valence-corrected chi connectivity index (χ4v) is 4.10. The highest BCUT2D eigenvalue weighted by molar-refractivity contribution is 5.78. The number of aromatic nitrogens is 2. The van der Waals surface area contributed by atoms with Gasteiger partial charge in [-0.15, -0.1) is 10.2 Å². The third kappa shape index (κ3) is 5.45. The quantitative estimate of drug-likeness (QED) is 0.472. The lowest BCUT2D eigenvalue weighted by atomic mass is 10.1. The summed E-state index contributed by atoms with van der Waals surface area (Å²) in [7, 11) is 4.73. The highest BCUT2D eigenvalue weighted by Gasteiger charge is 2.23. The van der Waals surface area contributed by atoms with Gasteiger partial charge in [-0.05, 0) is 61.4 Å². The van der Waals surface area contributed by atoms with Gasteiger partial charge in [0.15, 0.2) is 23.9 Å². The molecule has 2 aromatic carbocycles. The maximum atomic E-state index is 12.6. The summed E-state index contributed by atoms with van der Waals surface area (Å²) in [6.45, 7) is 6.67. The van der Waals surface area contributed by atoms with Crippen molar-refractivity contribution in [1.82, 2.24) is 15.1 Å². The van der Waals surface area contributed by atoms with Crippen molar-refractivity contribution in [1.29, 1.82) is 0 Å². The van der Waals surface area contributed by atoms with E-state index in [0.29, 0.717) is 54.9 Å². The molecule has 9 nitrogen and oxygen atoms in total. The van der Waals surface area contributed by atoms with Gasteiger partial charge in [0, 0.05) is 31.7 Å². The number of rotatable bonds is 8. The minimum absolute atomic E-state index is 0.0169. The third-order valence-electron chi connectivity index (χ3n) is 6.41. The number of amides is 1. The van der Waals surface area contributed by atoms with Gasteiger partial charge in [-0.25, -0.2) is 0 Å². The third-order valence-corrected chi connectivity index (χ3v) is 6.41. The SMILES string of the molecule is COc1cc(-c2ccc(N3CCN(C(=O)COc4ccc(C)c(C)c4)CC3)nn2)cc(OC)c1OC. The van der Waals surface area contributed by atoms with Gasteiger partial charge in [0.2, 0.25) is 5.75 Å². The van der Waals surface area contributed by atoms with Gasteiger partial charge in [-0.3, -0.25) is 4.79 Å². The normalized spacial score (nSPS) is 13.4. The average molecular weight is 493 g/mol. The van der Waals surface area contributed by atoms with Crippen molar-refractivity contribution in [2.24, 2.45) is 0 Å². The molecule has 0 N–H and O–H groups in total. The molecule has 190 valence electrons. The summed E-state index contributed by atoms with van der Waals surface area (Å²) in [5, 5.41) is 8.85. The zero-order chi connectivity index (χ0) is 25.7. The molecule has 1 aliphatic heterocycles. The topological polar surface area (TPSA) is 86.3 Å². The Hall–Kier alpha value is -4.01. The number of ether oxygens (including phenoxy) is 4. The van der Waals surface area contributed by atoms with E-state index in [1.54, 1.807) is 21.3 Å². The molecule has 1 saturated heterocycles. The van der Waals surface area contributed by atoms with Crippen LogP contribution in [0.5, 0.6) is 23.0 Å². The number of anilines is 1. The van der Waals surface area contributed by atoms with Crippen LogP contribution >= 0.6 is 0 Å². The lowest BCUT2D eigenvalue weighted by Crippen LogP contribution is -2.50. The molecule has 2 heterocycles. The van der Waals surface area contributed by atoms with Crippen LogP contribution in [0.1, 0.15) is 11.1 Å². The first-order valence-corrected chi connectivity index (χ1v) is 11.8. The first kappa shape index (κ1) is 25.1. The second-order valence-electron chi connectivity index (χ2n) is 8.59. The number of methoxy groups -OCH3 is 3. The van der Waals surface area contributed by atoms with Crippen LogP contribution < -0.4 is 23.8 Å². The Morgan fingerprint density at radius 2 is 1.53 bits per heavy atom. The molecule has 1 fully saturated rings. The molecule has 1 aromatic heterocycles. The van der Waals surface area contributed by atoms with E-state index < -0.39 is 0 Å². The molecule has 36 heavy (non-hydrogen) atoms. The summed E-state index contributed by atoms with van der Waals surface area (Å²) >= 11 is 0. The van der Waals surface area contributed by atoms with E-state index in [-0.39, 0.29) is 12.5 Å². The maximum Gasteiger partial charge on any atom is 0.260 e. The predicted octanol–water partition coefficient (Wildman–Crippen LogP) is 3.51. The molecule has 1 amide bonds. The standard InChI is InChI=1S/C27H32N4O5/c1-18-6-7-21(14-19(18)2)36-17-26(32)31-12-10-30(11-13-31)25-9-8-22(28-29-25)20-15-23(33-3)27(35-5)24(16-20)34-4/h6-9,14-16H,10-13,17H2,1-5H3. The minimum Gasteiger partial charge on any atom is -0.493 e. The number of nitrogens with zero attached hydrogens (tertiary/aromatic N) is 4. The van der Waals surface area contributed by atoms with Crippen LogP contribution in [-0.2, 0) is 4.79 Å². The Morgan fingerprint density at radius 3 is 2.08 bits per heavy atom. The number of carbonyl (C=O) groups excluding carboxylic acids is 1. The highest BCUT2D eigenvalue weighted by atomic mass is 16.5. The largest absolute Gasteiger partial charge is 0.493 e. The summed E-state index contributed by atoms with van der Waals surface area (Å²) in [5.74, 6) is 3.11. The predicted molar refractivity (Wildman–Crippen MR) is 137 cm³/mol. The molecule has 0 radical (unpaired) electrons. The van der Waals surface area contributed by atoms with Crippen LogP contribution in [0.15, 0.2) is 42.5 Å². The summed E-state index contributed by atoms with van der Waals surface area (Å²) < 4.78 is 22.0. The molecule has 0 unspecified atom stereocenters. The molecular weight excluding hydrogens is 460 g/mol. The smallest absolute Gasteiger partial charge is 0.260 e. The first-order valence-electron chi connectivity index (χ1n) is 11.8. The molecular formula is C27H32N4O5. The van der Waals surface area contributed by atoms with Gasteiger partial charge in [0.05, 0.1) is 27.0 Å². The number of hydrogen-bond acceptors (Lipinski definition) is 8. The Kier molecular flexibility index (Phi) is 7.77. The van der Waals surface area contributed by atoms with Crippen molar-refractivity contribution in [2.45, 2.75) is 13.8 Å². The van der Waals surface area contributed by atoms with Crippen LogP contribution in [0.2, 0.25) is 0 Å². The van der Waals surface area contributed by atoms with E-state index in [1.807, 2.05) is 54.3 Å². The molecule has 0 aliphatic carbocycles. The summed E-state index contributed by atoms with van der Waals surface area (Å²) in [4.78, 5) is 16.6. The first-order chi connectivity index (χ1) is 17.4. The van der Waals surface area contributed by atoms with Crippen molar-refractivity contribution in [3.05, 3.63) is 53.6 Å². The zero-order valence-electron chi connectivity index (χ0n) is 21.4. The van der Waals surface area contributed by atoms with Crippen molar-refractivity contribution in [2.75, 3.05) is 59.0 Å². The van der Waals surface area contributed by atoms with Gasteiger partial charge < -0.3 is 28.7 Å². The van der Waals surface area contributed by atoms with E-state index in [1.165, 1.54) is 5.56 Å². The monoisotopic (exact) mass is 492 g/mol. The van der Waals surface area contributed by atoms with Crippen LogP contribution in [0, 0.1) is 13.8 Å². The number of hydrogen-bond donors (Lipinski definition) is 0. The molecule has 4 rings (SSSR count). The van der Waals surface area contributed by atoms with Crippen LogP contribution in [-0.4, -0.2) is 75.1 Å². The summed E-state index contributed by atoms with van der Waals surface area (Å²) in [6.07, 6.45) is 0. The average Bonchev–Trinajstić information content (AvgIpc) is 2.92. The van der Waals surface area contributed by atoms with E-state index in [4.69, 9.17) is 18.9 Å². The number of piperazine rings is 1. The Morgan fingerprint density at radius 1 is 0.833 bits per heavy atom. The van der Waals surface area contributed by atoms with E-state index >= 15 is 0 Å². The van der Waals surface area contributed by atoms with Gasteiger partial charge in [0.1, 0.15) is 5.75 Å². The highest BCUT2D eigenvalue weighted by Crippen LogP contribution is 2.40. The molecule has 0 atom stereocenters. The molecule has 0 saturated carbocycles. The Balaban J connectivity index is 1.35. The Bertz CT molecular complexity index is 1180. The molecule has 1 aliphatic rings. The zero-order valence-corrected chi connectivity index (χ0v) is 21.4. The number of benzene rings is 2. The fourth-order valence-electron chi connectivity index (χ4n) is 4.10. The number of aryl methyl sites for hydroxylation is 2. The lowest BCUT2D eigenvalue weighted by molar-refractivity contribution is -0.133. The molecule has 3 aromatic rings. The molecule has 9 heteroatoms. The lowest BCUT2D eigenvalue weighted by Gasteiger charge is -2.35. The van der Waals surface area contributed by atoms with Crippen molar-refractivity contribution >= 4 is 11.7 Å². The summed E-state index contributed by atoms with van der Waals surface area (Å²) in [5.41, 5.74) is 3.84. The Labute approximate surface area is 211 Å². The van der Waals surface area contributed by atoms with Crippen LogP contribution in [0.25, 0.3) is 11.3 Å². The second-order valence-corrected chi connectivity index (χ2v) is 8.59. The second kappa shape index (κ2) is 11.2. The minimum atomic E-state index is -0.0169. The fraction of sp³-hybridized carbons (Fsp3) is 0.370. The van der Waals surface area contributed by atoms with Crippen molar-refractivity contribution < 1.29 is 23.7 Å². The summed E-state index contributed by atoms with van der Waals surface area (Å²) in [6, 6.07) is 13.4. The van der Waals surface area contributed by atoms with Crippen molar-refractivity contribution in [3.63, 3.8) is 0 Å². The molecule has 0 spiro atoms. The van der Waals surface area contributed by atoms with Crippen molar-refractivity contribution in [3.8, 4) is 34.3 Å². The van der Waals surface area contributed by atoms with Gasteiger partial charge >= 0.3 is 0 Å². The van der Waals surface area contributed by atoms with Crippen LogP contribution in [0.3, 0.4) is 0 Å². The van der Waals surface area contributed by atoms with Gasteiger partial charge in [0.25, 0.3) is 5.91 Å².